The molecule has 0 radical (unpaired) electrons. The van der Waals surface area contributed by atoms with Gasteiger partial charge < -0.3 is 15.2 Å². The Bertz CT molecular complexity index is 346. The van der Waals surface area contributed by atoms with Crippen LogP contribution in [-0.4, -0.2) is 30.2 Å². The van der Waals surface area contributed by atoms with Crippen molar-refractivity contribution in [3.63, 3.8) is 0 Å². The lowest BCUT2D eigenvalue weighted by Gasteiger charge is -2.08. The second kappa shape index (κ2) is 7.41. The number of nitrogens with zero attached hydrogens (tertiary/aromatic N) is 2. The molecule has 16 heavy (non-hydrogen) atoms. The molecule has 0 spiro atoms. The molecule has 0 aliphatic carbocycles. The molecule has 1 rings (SSSR count). The van der Waals surface area contributed by atoms with Gasteiger partial charge >= 0.3 is 0 Å². The lowest BCUT2D eigenvalue weighted by atomic mass is 10.6. The van der Waals surface area contributed by atoms with Crippen molar-refractivity contribution in [2.75, 3.05) is 19.6 Å². The lowest BCUT2D eigenvalue weighted by Crippen LogP contribution is -2.37. The monoisotopic (exact) mass is 218 g/mol. The van der Waals surface area contributed by atoms with E-state index in [-0.39, 0.29) is 0 Å². The molecule has 0 aromatic carbocycles. The second-order valence-electron chi connectivity index (χ2n) is 3.24. The molecule has 0 unspecified atom stereocenters. The molecular formula is C12H18N4. The average Bonchev–Trinajstić information content (AvgIpc) is 2.79. The Balaban J connectivity index is 2.35. The van der Waals surface area contributed by atoms with E-state index in [1.54, 1.807) is 0 Å². The Hall–Kier alpha value is -1.89. The molecule has 4 heteroatoms. The van der Waals surface area contributed by atoms with Crippen LogP contribution in [0.1, 0.15) is 6.92 Å². The smallest absolute Gasteiger partial charge is 0.192 e. The maximum atomic E-state index is 5.18. The van der Waals surface area contributed by atoms with Crippen LogP contribution in [0.25, 0.3) is 0 Å². The zero-order valence-electron chi connectivity index (χ0n) is 9.61. The highest BCUT2D eigenvalue weighted by atomic mass is 15.2. The number of aliphatic imine (C=N–C) groups is 1. The van der Waals surface area contributed by atoms with E-state index in [2.05, 4.69) is 26.1 Å². The third-order valence-electron chi connectivity index (χ3n) is 2.00. The molecule has 0 saturated heterocycles. The molecule has 0 aliphatic heterocycles. The first-order valence-corrected chi connectivity index (χ1v) is 5.43. The van der Waals surface area contributed by atoms with Crippen molar-refractivity contribution >= 4 is 5.96 Å². The summed E-state index contributed by atoms with van der Waals surface area (Å²) in [6.45, 7) is 4.96. The van der Waals surface area contributed by atoms with Crippen molar-refractivity contribution in [1.29, 1.82) is 0 Å². The van der Waals surface area contributed by atoms with Gasteiger partial charge in [0.25, 0.3) is 0 Å². The minimum atomic E-state index is 0.495. The molecule has 1 heterocycles. The van der Waals surface area contributed by atoms with Crippen LogP contribution in [0.4, 0.5) is 0 Å². The van der Waals surface area contributed by atoms with Crippen LogP contribution in [-0.2, 0) is 6.54 Å². The van der Waals surface area contributed by atoms with Crippen LogP contribution >= 0.6 is 0 Å². The lowest BCUT2D eigenvalue weighted by molar-refractivity contribution is 0.706. The normalized spacial score (nSPS) is 10.9. The zero-order valence-corrected chi connectivity index (χ0v) is 9.61. The first-order chi connectivity index (χ1) is 7.86. The Morgan fingerprint density at radius 2 is 2.12 bits per heavy atom. The summed E-state index contributed by atoms with van der Waals surface area (Å²) in [6.07, 6.45) is 9.23. The van der Waals surface area contributed by atoms with Crippen LogP contribution in [0.15, 0.2) is 29.5 Å². The average molecular weight is 218 g/mol. The molecule has 2 N–H and O–H groups in total. The molecule has 0 saturated carbocycles. The van der Waals surface area contributed by atoms with Crippen molar-refractivity contribution < 1.29 is 0 Å². The molecule has 0 fully saturated rings. The van der Waals surface area contributed by atoms with Gasteiger partial charge in [0.05, 0.1) is 13.1 Å². The SMILES string of the molecule is C#CCNC(=NCCn1cccc1)NCC. The molecule has 4 nitrogen and oxygen atoms in total. The van der Waals surface area contributed by atoms with Crippen LogP contribution in [0.5, 0.6) is 0 Å². The second-order valence-corrected chi connectivity index (χ2v) is 3.24. The highest BCUT2D eigenvalue weighted by molar-refractivity contribution is 5.79. The van der Waals surface area contributed by atoms with Gasteiger partial charge in [-0.3, -0.25) is 4.99 Å². The zero-order chi connectivity index (χ0) is 11.6. The van der Waals surface area contributed by atoms with Gasteiger partial charge in [0.1, 0.15) is 0 Å². The summed E-state index contributed by atoms with van der Waals surface area (Å²) in [5.41, 5.74) is 0. The first kappa shape index (κ1) is 12.2. The molecule has 1 aromatic heterocycles. The van der Waals surface area contributed by atoms with Crippen molar-refractivity contribution in [3.8, 4) is 12.3 Å². The number of hydrogen-bond donors (Lipinski definition) is 2. The van der Waals surface area contributed by atoms with E-state index >= 15 is 0 Å². The molecule has 0 atom stereocenters. The predicted octanol–water partition coefficient (Wildman–Crippen LogP) is 0.676. The maximum absolute atomic E-state index is 5.18. The topological polar surface area (TPSA) is 41.4 Å². The quantitative estimate of drug-likeness (QED) is 0.433. The van der Waals surface area contributed by atoms with Crippen LogP contribution in [0.3, 0.4) is 0 Å². The van der Waals surface area contributed by atoms with E-state index < -0.39 is 0 Å². The number of aromatic nitrogens is 1. The highest BCUT2D eigenvalue weighted by Crippen LogP contribution is 1.89. The van der Waals surface area contributed by atoms with E-state index in [0.717, 1.165) is 25.6 Å². The van der Waals surface area contributed by atoms with Gasteiger partial charge in [-0.25, -0.2) is 0 Å². The van der Waals surface area contributed by atoms with Gasteiger partial charge in [-0.2, -0.15) is 0 Å². The predicted molar refractivity (Wildman–Crippen MR) is 67.2 cm³/mol. The minimum absolute atomic E-state index is 0.495. The number of nitrogens with one attached hydrogen (secondary N) is 2. The molecule has 86 valence electrons. The number of rotatable bonds is 5. The molecule has 0 bridgehead atoms. The van der Waals surface area contributed by atoms with E-state index in [4.69, 9.17) is 6.42 Å². The molecule has 1 aromatic rings. The minimum Gasteiger partial charge on any atom is -0.357 e. The Labute approximate surface area is 96.8 Å². The van der Waals surface area contributed by atoms with Crippen molar-refractivity contribution in [3.05, 3.63) is 24.5 Å². The molecule has 0 aliphatic rings. The summed E-state index contributed by atoms with van der Waals surface area (Å²) in [7, 11) is 0. The number of hydrogen-bond acceptors (Lipinski definition) is 1. The van der Waals surface area contributed by atoms with Crippen LogP contribution < -0.4 is 10.6 Å². The largest absolute Gasteiger partial charge is 0.357 e. The van der Waals surface area contributed by atoms with Gasteiger partial charge in [-0.05, 0) is 19.1 Å². The summed E-state index contributed by atoms with van der Waals surface area (Å²) in [6, 6.07) is 4.01. The van der Waals surface area contributed by atoms with Gasteiger partial charge in [-0.1, -0.05) is 5.92 Å². The summed E-state index contributed by atoms with van der Waals surface area (Å²) in [5.74, 6) is 3.29. The fraction of sp³-hybridized carbons (Fsp3) is 0.417. The Morgan fingerprint density at radius 3 is 2.75 bits per heavy atom. The van der Waals surface area contributed by atoms with Crippen LogP contribution in [0, 0.1) is 12.3 Å². The summed E-state index contributed by atoms with van der Waals surface area (Å²) in [4.78, 5) is 4.40. The van der Waals surface area contributed by atoms with E-state index in [1.807, 2.05) is 31.5 Å². The van der Waals surface area contributed by atoms with Crippen molar-refractivity contribution in [2.45, 2.75) is 13.5 Å². The highest BCUT2D eigenvalue weighted by Gasteiger charge is 1.94. The van der Waals surface area contributed by atoms with Gasteiger partial charge in [0.15, 0.2) is 5.96 Å². The van der Waals surface area contributed by atoms with Gasteiger partial charge in [0.2, 0.25) is 0 Å². The van der Waals surface area contributed by atoms with Crippen molar-refractivity contribution in [1.82, 2.24) is 15.2 Å². The fourth-order valence-corrected chi connectivity index (χ4v) is 1.27. The Kier molecular flexibility index (Phi) is 5.64. The molecule has 0 amide bonds. The van der Waals surface area contributed by atoms with Crippen molar-refractivity contribution in [2.24, 2.45) is 4.99 Å². The number of guanidine groups is 1. The van der Waals surface area contributed by atoms with E-state index in [1.165, 1.54) is 0 Å². The fourth-order valence-electron chi connectivity index (χ4n) is 1.27. The first-order valence-electron chi connectivity index (χ1n) is 5.43. The third kappa shape index (κ3) is 4.56. The summed E-state index contributed by atoms with van der Waals surface area (Å²) in [5, 5.41) is 6.18. The third-order valence-corrected chi connectivity index (χ3v) is 2.00. The summed E-state index contributed by atoms with van der Waals surface area (Å²) < 4.78 is 2.09. The summed E-state index contributed by atoms with van der Waals surface area (Å²) >= 11 is 0. The van der Waals surface area contributed by atoms with E-state index in [9.17, 15) is 0 Å². The van der Waals surface area contributed by atoms with E-state index in [0.29, 0.717) is 6.54 Å². The number of terminal acetylenes is 1. The Morgan fingerprint density at radius 1 is 1.38 bits per heavy atom. The van der Waals surface area contributed by atoms with Crippen LogP contribution in [0.2, 0.25) is 0 Å². The maximum Gasteiger partial charge on any atom is 0.192 e. The van der Waals surface area contributed by atoms with Gasteiger partial charge in [0, 0.05) is 25.5 Å². The molecular weight excluding hydrogens is 200 g/mol. The van der Waals surface area contributed by atoms with Gasteiger partial charge in [-0.15, -0.1) is 6.42 Å². The standard InChI is InChI=1S/C12H18N4/c1-3-7-14-12(13-4-2)15-8-11-16-9-5-6-10-16/h1,5-6,9-10H,4,7-8,11H2,2H3,(H2,13,14,15).